The molecule has 0 bridgehead atoms. The molecular weight excluding hydrogens is 367 g/mol. The molecule has 0 unspecified atom stereocenters. The van der Waals surface area contributed by atoms with Gasteiger partial charge in [0.1, 0.15) is 5.75 Å². The van der Waals surface area contributed by atoms with E-state index < -0.39 is 5.91 Å². The van der Waals surface area contributed by atoms with Crippen LogP contribution in [0.25, 0.3) is 0 Å². The maximum absolute atomic E-state index is 12.1. The van der Waals surface area contributed by atoms with Gasteiger partial charge in [-0.2, -0.15) is 5.10 Å². The van der Waals surface area contributed by atoms with Crippen molar-refractivity contribution >= 4 is 35.3 Å². The van der Waals surface area contributed by atoms with Crippen molar-refractivity contribution in [1.29, 1.82) is 0 Å². The van der Waals surface area contributed by atoms with Gasteiger partial charge >= 0.3 is 0 Å². The highest BCUT2D eigenvalue weighted by Crippen LogP contribution is 2.33. The predicted molar refractivity (Wildman–Crippen MR) is 97.6 cm³/mol. The summed E-state index contributed by atoms with van der Waals surface area (Å²) in [7, 11) is 4.57. The first kappa shape index (κ1) is 18.9. The minimum absolute atomic E-state index is 0.240. The summed E-state index contributed by atoms with van der Waals surface area (Å²) in [6, 6.07) is 7.93. The smallest absolute Gasteiger partial charge is 0.272 e. The van der Waals surface area contributed by atoms with E-state index in [9.17, 15) is 4.79 Å². The van der Waals surface area contributed by atoms with E-state index in [1.54, 1.807) is 18.2 Å². The van der Waals surface area contributed by atoms with Crippen molar-refractivity contribution in [2.24, 2.45) is 5.10 Å². The Morgan fingerprint density at radius 1 is 1.00 bits per heavy atom. The Kier molecular flexibility index (Phi) is 6.50. The van der Waals surface area contributed by atoms with Gasteiger partial charge in [-0.25, -0.2) is 5.43 Å². The molecule has 0 heterocycles. The number of hydrazone groups is 1. The minimum Gasteiger partial charge on any atom is -0.496 e. The first-order valence-corrected chi connectivity index (χ1v) is 7.84. The summed E-state index contributed by atoms with van der Waals surface area (Å²) in [6.45, 7) is 0. The van der Waals surface area contributed by atoms with E-state index in [0.29, 0.717) is 27.8 Å². The van der Waals surface area contributed by atoms with E-state index >= 15 is 0 Å². The van der Waals surface area contributed by atoms with Crippen LogP contribution in [-0.2, 0) is 0 Å². The molecule has 0 spiro atoms. The van der Waals surface area contributed by atoms with Gasteiger partial charge in [0.15, 0.2) is 11.5 Å². The van der Waals surface area contributed by atoms with Crippen LogP contribution in [0.3, 0.4) is 0 Å². The fraction of sp³-hybridized carbons (Fsp3) is 0.176. The van der Waals surface area contributed by atoms with Crippen molar-refractivity contribution < 1.29 is 19.0 Å². The summed E-state index contributed by atoms with van der Waals surface area (Å²) in [4.78, 5) is 12.1. The van der Waals surface area contributed by atoms with Crippen molar-refractivity contribution in [3.8, 4) is 17.2 Å². The lowest BCUT2D eigenvalue weighted by molar-refractivity contribution is 0.0955. The van der Waals surface area contributed by atoms with E-state index in [4.69, 9.17) is 37.4 Å². The molecule has 0 aliphatic heterocycles. The zero-order valence-corrected chi connectivity index (χ0v) is 15.3. The number of hydrogen-bond acceptors (Lipinski definition) is 5. The maximum atomic E-state index is 12.1. The molecule has 6 nitrogen and oxygen atoms in total. The Labute approximate surface area is 155 Å². The molecule has 0 saturated heterocycles. The Morgan fingerprint density at radius 3 is 2.24 bits per heavy atom. The molecule has 0 aliphatic rings. The molecule has 1 N–H and O–H groups in total. The molecule has 0 aliphatic carbocycles. The normalized spacial score (nSPS) is 10.6. The number of rotatable bonds is 6. The van der Waals surface area contributed by atoms with Crippen molar-refractivity contribution in [2.75, 3.05) is 21.3 Å². The maximum Gasteiger partial charge on any atom is 0.272 e. The van der Waals surface area contributed by atoms with Gasteiger partial charge in [-0.3, -0.25) is 4.79 Å². The van der Waals surface area contributed by atoms with Crippen LogP contribution in [0.15, 0.2) is 35.4 Å². The second-order valence-electron chi connectivity index (χ2n) is 4.77. The van der Waals surface area contributed by atoms with E-state index in [1.165, 1.54) is 39.7 Å². The lowest BCUT2D eigenvalue weighted by Gasteiger charge is -2.11. The van der Waals surface area contributed by atoms with Crippen molar-refractivity contribution in [3.05, 3.63) is 51.5 Å². The van der Waals surface area contributed by atoms with Crippen LogP contribution < -0.4 is 19.6 Å². The second-order valence-corrected chi connectivity index (χ2v) is 5.62. The molecule has 0 radical (unpaired) electrons. The number of halogens is 2. The summed E-state index contributed by atoms with van der Waals surface area (Å²) < 4.78 is 15.7. The number of methoxy groups -OCH3 is 3. The standard InChI is InChI=1S/C17H16Cl2N2O4/c1-23-14-8-16(25-3)15(24-2)6-10(14)9-20-21-17(22)12-5-4-11(18)7-13(12)19/h4-9H,1-3H3,(H,21,22). The van der Waals surface area contributed by atoms with Gasteiger partial charge < -0.3 is 14.2 Å². The van der Waals surface area contributed by atoms with Crippen LogP contribution in [0, 0.1) is 0 Å². The van der Waals surface area contributed by atoms with Crippen LogP contribution >= 0.6 is 23.2 Å². The predicted octanol–water partition coefficient (Wildman–Crippen LogP) is 3.78. The van der Waals surface area contributed by atoms with Crippen LogP contribution in [0.4, 0.5) is 0 Å². The zero-order chi connectivity index (χ0) is 18.4. The van der Waals surface area contributed by atoms with E-state index in [2.05, 4.69) is 10.5 Å². The van der Waals surface area contributed by atoms with Gasteiger partial charge in [0.2, 0.25) is 0 Å². The second kappa shape index (κ2) is 8.60. The summed E-state index contributed by atoms with van der Waals surface area (Å²) in [5, 5.41) is 4.61. The number of nitrogens with one attached hydrogen (secondary N) is 1. The monoisotopic (exact) mass is 382 g/mol. The Bertz CT molecular complexity index is 809. The Morgan fingerprint density at radius 2 is 1.64 bits per heavy atom. The summed E-state index contributed by atoms with van der Waals surface area (Å²) in [6.07, 6.45) is 1.43. The fourth-order valence-electron chi connectivity index (χ4n) is 2.05. The van der Waals surface area contributed by atoms with Gasteiger partial charge in [0.25, 0.3) is 5.91 Å². The zero-order valence-electron chi connectivity index (χ0n) is 13.8. The molecule has 132 valence electrons. The van der Waals surface area contributed by atoms with E-state index in [-0.39, 0.29) is 10.6 Å². The third kappa shape index (κ3) is 4.55. The fourth-order valence-corrected chi connectivity index (χ4v) is 2.54. The third-order valence-electron chi connectivity index (χ3n) is 3.28. The number of carbonyl (C=O) groups is 1. The first-order chi connectivity index (χ1) is 12.0. The molecular formula is C17H16Cl2N2O4. The average molecular weight is 383 g/mol. The number of benzene rings is 2. The largest absolute Gasteiger partial charge is 0.496 e. The number of nitrogens with zero attached hydrogens (tertiary/aromatic N) is 1. The van der Waals surface area contributed by atoms with Gasteiger partial charge in [0, 0.05) is 16.7 Å². The van der Waals surface area contributed by atoms with Gasteiger partial charge in [-0.05, 0) is 24.3 Å². The molecule has 2 aromatic rings. The quantitative estimate of drug-likeness (QED) is 0.609. The Balaban J connectivity index is 2.20. The summed E-state index contributed by atoms with van der Waals surface area (Å²) in [5.74, 6) is 1.09. The van der Waals surface area contributed by atoms with Crippen LogP contribution in [0.1, 0.15) is 15.9 Å². The number of hydrogen-bond donors (Lipinski definition) is 1. The SMILES string of the molecule is COc1cc(OC)c(OC)cc1C=NNC(=O)c1ccc(Cl)cc1Cl. The Hall–Kier alpha value is -2.44. The lowest BCUT2D eigenvalue weighted by Crippen LogP contribution is -2.18. The van der Waals surface area contributed by atoms with Crippen LogP contribution in [0.2, 0.25) is 10.0 Å². The molecule has 2 aromatic carbocycles. The van der Waals surface area contributed by atoms with Crippen LogP contribution in [-0.4, -0.2) is 33.5 Å². The van der Waals surface area contributed by atoms with Crippen LogP contribution in [0.5, 0.6) is 17.2 Å². The minimum atomic E-state index is -0.461. The van der Waals surface area contributed by atoms with Gasteiger partial charge in [0.05, 0.1) is 38.1 Å². The molecule has 2 rings (SSSR count). The molecule has 0 saturated carbocycles. The molecule has 25 heavy (non-hydrogen) atoms. The average Bonchev–Trinajstić information content (AvgIpc) is 2.60. The first-order valence-electron chi connectivity index (χ1n) is 7.08. The lowest BCUT2D eigenvalue weighted by atomic mass is 10.2. The molecule has 0 fully saturated rings. The highest BCUT2D eigenvalue weighted by Gasteiger charge is 2.12. The van der Waals surface area contributed by atoms with E-state index in [1.807, 2.05) is 0 Å². The third-order valence-corrected chi connectivity index (χ3v) is 3.83. The van der Waals surface area contributed by atoms with Crippen molar-refractivity contribution in [1.82, 2.24) is 5.43 Å². The molecule has 0 atom stereocenters. The molecule has 1 amide bonds. The summed E-state index contributed by atoms with van der Waals surface area (Å²) >= 11 is 11.8. The molecule has 8 heteroatoms. The van der Waals surface area contributed by atoms with E-state index in [0.717, 1.165) is 0 Å². The highest BCUT2D eigenvalue weighted by molar-refractivity contribution is 6.36. The summed E-state index contributed by atoms with van der Waals surface area (Å²) in [5.41, 5.74) is 3.27. The number of ether oxygens (including phenoxy) is 3. The van der Waals surface area contributed by atoms with Crippen molar-refractivity contribution in [2.45, 2.75) is 0 Å². The van der Waals surface area contributed by atoms with Gasteiger partial charge in [-0.1, -0.05) is 23.2 Å². The van der Waals surface area contributed by atoms with Crippen molar-refractivity contribution in [3.63, 3.8) is 0 Å². The number of amides is 1. The molecule has 0 aromatic heterocycles. The topological polar surface area (TPSA) is 69.2 Å². The van der Waals surface area contributed by atoms with Gasteiger partial charge in [-0.15, -0.1) is 0 Å². The number of carbonyl (C=O) groups excluding carboxylic acids is 1. The highest BCUT2D eigenvalue weighted by atomic mass is 35.5.